The van der Waals surface area contributed by atoms with Crippen molar-refractivity contribution in [2.24, 2.45) is 0 Å². The predicted molar refractivity (Wildman–Crippen MR) is 78.6 cm³/mol. The molecule has 0 spiro atoms. The zero-order valence-electron chi connectivity index (χ0n) is 11.7. The molecule has 11 heteroatoms. The predicted octanol–water partition coefficient (Wildman–Crippen LogP) is -1.18. The van der Waals surface area contributed by atoms with Crippen molar-refractivity contribution in [3.63, 3.8) is 0 Å². The number of nitrogens with zero attached hydrogens (tertiary/aromatic N) is 3. The van der Waals surface area contributed by atoms with E-state index >= 15 is 0 Å². The molecule has 1 aromatic rings. The van der Waals surface area contributed by atoms with Crippen LogP contribution in [-0.2, 0) is 20.2 Å². The minimum atomic E-state index is -2.71. The molecule has 1 atom stereocenters. The van der Waals surface area contributed by atoms with Crippen LogP contribution in [0.2, 0.25) is 0 Å². The van der Waals surface area contributed by atoms with E-state index in [1.54, 1.807) is 0 Å². The standard InChI is InChI=1S/C12H13N3O7S/c16-9-2-1-8-11-14(10(17)4-13(8)12(18)19)3-7(15(9)11)5-22-6-23(20)21/h1-2,7,23H,3-6H2,(H,18,19)/t7-/m0/s1. The van der Waals surface area contributed by atoms with E-state index < -0.39 is 40.2 Å². The topological polar surface area (TPSA) is 126 Å². The van der Waals surface area contributed by atoms with E-state index in [1.165, 1.54) is 21.6 Å². The summed E-state index contributed by atoms with van der Waals surface area (Å²) in [5, 5.41) is 9.21. The SMILES string of the molecule is O=C(O)N1CC(=O)N2C[C@@H](COC[SH](=O)=O)n3c2c1ccc3=O. The molecule has 10 nitrogen and oxygen atoms in total. The van der Waals surface area contributed by atoms with Gasteiger partial charge >= 0.3 is 6.09 Å². The van der Waals surface area contributed by atoms with Crippen molar-refractivity contribution in [2.45, 2.75) is 6.04 Å². The van der Waals surface area contributed by atoms with Crippen molar-refractivity contribution in [1.82, 2.24) is 4.57 Å². The number of aromatic nitrogens is 1. The van der Waals surface area contributed by atoms with Crippen molar-refractivity contribution in [1.29, 1.82) is 0 Å². The highest BCUT2D eigenvalue weighted by Crippen LogP contribution is 2.39. The van der Waals surface area contributed by atoms with E-state index in [0.29, 0.717) is 0 Å². The molecule has 0 radical (unpaired) electrons. The summed E-state index contributed by atoms with van der Waals surface area (Å²) in [4.78, 5) is 37.8. The third-order valence-electron chi connectivity index (χ3n) is 3.72. The van der Waals surface area contributed by atoms with E-state index in [0.717, 1.165) is 4.90 Å². The van der Waals surface area contributed by atoms with E-state index in [-0.39, 0.29) is 31.2 Å². The molecule has 3 heterocycles. The quantitative estimate of drug-likeness (QED) is 0.659. The summed E-state index contributed by atoms with van der Waals surface area (Å²) in [6, 6.07) is 2.01. The van der Waals surface area contributed by atoms with Gasteiger partial charge in [-0.1, -0.05) is 0 Å². The lowest BCUT2D eigenvalue weighted by molar-refractivity contribution is -0.117. The second-order valence-electron chi connectivity index (χ2n) is 5.11. The third kappa shape index (κ3) is 2.57. The maximum atomic E-state index is 12.1. The van der Waals surface area contributed by atoms with Crippen LogP contribution >= 0.6 is 0 Å². The lowest BCUT2D eigenvalue weighted by atomic mass is 10.2. The van der Waals surface area contributed by atoms with E-state index in [2.05, 4.69) is 0 Å². The lowest BCUT2D eigenvalue weighted by Gasteiger charge is -2.31. The van der Waals surface area contributed by atoms with Crippen molar-refractivity contribution in [3.8, 4) is 0 Å². The Labute approximate surface area is 131 Å². The van der Waals surface area contributed by atoms with Crippen LogP contribution in [0.1, 0.15) is 6.04 Å². The highest BCUT2D eigenvalue weighted by atomic mass is 32.2. The smallest absolute Gasteiger partial charge is 0.412 e. The van der Waals surface area contributed by atoms with Gasteiger partial charge in [-0.25, -0.2) is 13.2 Å². The maximum Gasteiger partial charge on any atom is 0.412 e. The maximum absolute atomic E-state index is 12.1. The fourth-order valence-corrected chi connectivity index (χ4v) is 3.08. The first kappa shape index (κ1) is 15.5. The summed E-state index contributed by atoms with van der Waals surface area (Å²) in [6.07, 6.45) is -1.29. The summed E-state index contributed by atoms with van der Waals surface area (Å²) in [5.41, 5.74) is -0.166. The van der Waals surface area contributed by atoms with Gasteiger partial charge in [0.1, 0.15) is 18.3 Å². The van der Waals surface area contributed by atoms with Gasteiger partial charge in [-0.2, -0.15) is 0 Å². The van der Waals surface area contributed by atoms with Crippen LogP contribution in [0.4, 0.5) is 16.3 Å². The number of hydrogen-bond donors (Lipinski definition) is 2. The zero-order valence-corrected chi connectivity index (χ0v) is 12.6. The minimum Gasteiger partial charge on any atom is -0.465 e. The van der Waals surface area contributed by atoms with Crippen LogP contribution in [0.25, 0.3) is 0 Å². The first-order valence-corrected chi connectivity index (χ1v) is 8.02. The van der Waals surface area contributed by atoms with Gasteiger partial charge < -0.3 is 9.84 Å². The number of amides is 2. The first-order chi connectivity index (χ1) is 10.9. The van der Waals surface area contributed by atoms with Crippen molar-refractivity contribution < 1.29 is 27.9 Å². The Balaban J connectivity index is 2.02. The van der Waals surface area contributed by atoms with Gasteiger partial charge in [-0.15, -0.1) is 0 Å². The summed E-state index contributed by atoms with van der Waals surface area (Å²) in [5.74, 6) is -0.724. The molecule has 0 saturated heterocycles. The molecule has 0 saturated carbocycles. The molecular formula is C12H13N3O7S. The van der Waals surface area contributed by atoms with Crippen molar-refractivity contribution in [3.05, 3.63) is 22.5 Å². The first-order valence-electron chi connectivity index (χ1n) is 6.66. The molecule has 0 aliphatic carbocycles. The fourth-order valence-electron chi connectivity index (χ4n) is 2.83. The minimum absolute atomic E-state index is 0.0729. The van der Waals surface area contributed by atoms with Gasteiger partial charge in [0.2, 0.25) is 5.91 Å². The van der Waals surface area contributed by atoms with Gasteiger partial charge in [0, 0.05) is 6.07 Å². The third-order valence-corrected chi connectivity index (χ3v) is 4.11. The molecule has 0 bridgehead atoms. The largest absolute Gasteiger partial charge is 0.465 e. The molecule has 124 valence electrons. The highest BCUT2D eigenvalue weighted by Gasteiger charge is 2.41. The van der Waals surface area contributed by atoms with E-state index in [9.17, 15) is 27.9 Å². The zero-order chi connectivity index (χ0) is 16.7. The van der Waals surface area contributed by atoms with Crippen molar-refractivity contribution >= 4 is 34.2 Å². The van der Waals surface area contributed by atoms with Crippen LogP contribution in [0.5, 0.6) is 0 Å². The molecule has 0 fully saturated rings. The molecule has 2 aliphatic rings. The molecule has 1 aromatic heterocycles. The molecule has 0 aromatic carbocycles. The molecular weight excluding hydrogens is 330 g/mol. The monoisotopic (exact) mass is 343 g/mol. The number of carbonyl (C=O) groups excluding carboxylic acids is 1. The summed E-state index contributed by atoms with van der Waals surface area (Å²) in [7, 11) is -2.71. The lowest BCUT2D eigenvalue weighted by Crippen LogP contribution is -2.47. The Kier molecular flexibility index (Phi) is 3.82. The van der Waals surface area contributed by atoms with Crippen LogP contribution in [0.15, 0.2) is 16.9 Å². The molecule has 1 N–H and O–H groups in total. The molecule has 2 aliphatic heterocycles. The van der Waals surface area contributed by atoms with Gasteiger partial charge in [0.25, 0.3) is 5.56 Å². The molecule has 3 rings (SSSR count). The Bertz CT molecular complexity index is 807. The average molecular weight is 343 g/mol. The van der Waals surface area contributed by atoms with Crippen molar-refractivity contribution in [2.75, 3.05) is 35.4 Å². The fraction of sp³-hybridized carbons (Fsp3) is 0.417. The summed E-state index contributed by atoms with van der Waals surface area (Å²) < 4.78 is 27.4. The van der Waals surface area contributed by atoms with E-state index in [4.69, 9.17) is 4.74 Å². The highest BCUT2D eigenvalue weighted by molar-refractivity contribution is 7.72. The van der Waals surface area contributed by atoms with Gasteiger partial charge in [-0.3, -0.25) is 24.0 Å². The number of ether oxygens (including phenoxy) is 1. The molecule has 2 amide bonds. The van der Waals surface area contributed by atoms with Gasteiger partial charge in [-0.05, 0) is 6.07 Å². The number of pyridine rings is 1. The Hall–Kier alpha value is -2.40. The average Bonchev–Trinajstić information content (AvgIpc) is 2.86. The number of hydrogen-bond acceptors (Lipinski definition) is 6. The Morgan fingerprint density at radius 3 is 2.74 bits per heavy atom. The van der Waals surface area contributed by atoms with Gasteiger partial charge in [0.05, 0.1) is 24.9 Å². The van der Waals surface area contributed by atoms with E-state index in [1.807, 2.05) is 0 Å². The summed E-state index contributed by atoms with van der Waals surface area (Å²) >= 11 is 0. The number of anilines is 2. The number of carbonyl (C=O) groups is 2. The van der Waals surface area contributed by atoms with Crippen LogP contribution in [-0.4, -0.2) is 55.7 Å². The van der Waals surface area contributed by atoms with Crippen LogP contribution in [0.3, 0.4) is 0 Å². The number of thiol groups is 1. The normalized spacial score (nSPS) is 19.3. The van der Waals surface area contributed by atoms with Crippen LogP contribution in [0, 0.1) is 0 Å². The summed E-state index contributed by atoms with van der Waals surface area (Å²) in [6.45, 7) is -0.273. The van der Waals surface area contributed by atoms with Crippen LogP contribution < -0.4 is 15.4 Å². The molecule has 0 unspecified atom stereocenters. The molecule has 23 heavy (non-hydrogen) atoms. The second-order valence-corrected chi connectivity index (χ2v) is 6.03. The number of carboxylic acid groups (broad SMARTS) is 1. The Morgan fingerprint density at radius 2 is 2.09 bits per heavy atom. The Morgan fingerprint density at radius 1 is 1.35 bits per heavy atom. The second kappa shape index (κ2) is 5.66. The number of rotatable bonds is 4. The van der Waals surface area contributed by atoms with Gasteiger partial charge in [0.15, 0.2) is 10.7 Å².